The molecule has 0 saturated heterocycles. The molecule has 88 valence electrons. The van der Waals surface area contributed by atoms with Gasteiger partial charge in [-0.3, -0.25) is 0 Å². The maximum Gasteiger partial charge on any atom is 0.357 e. The molecule has 2 aromatic rings. The summed E-state index contributed by atoms with van der Waals surface area (Å²) in [5, 5.41) is 2.03. The number of hydrogen-bond acceptors (Lipinski definition) is 3. The summed E-state index contributed by atoms with van der Waals surface area (Å²) in [4.78, 5) is 15.8. The van der Waals surface area contributed by atoms with Crippen LogP contribution in [0.2, 0.25) is 0 Å². The fourth-order valence-electron chi connectivity index (χ4n) is 1.65. The van der Waals surface area contributed by atoms with Gasteiger partial charge in [-0.25, -0.2) is 9.78 Å². The third-order valence-corrected chi connectivity index (χ3v) is 2.43. The van der Waals surface area contributed by atoms with Gasteiger partial charge in [0.25, 0.3) is 0 Å². The number of hydrogen-bond donors (Lipinski definition) is 0. The molecule has 1 aromatic carbocycles. The highest BCUT2D eigenvalue weighted by molar-refractivity contribution is 5.93. The fraction of sp³-hybridized carbons (Fsp3) is 0.286. The van der Waals surface area contributed by atoms with Crippen LogP contribution in [0.25, 0.3) is 10.8 Å². The minimum Gasteiger partial charge on any atom is -0.458 e. The second-order valence-corrected chi connectivity index (χ2v) is 4.37. The first-order chi connectivity index (χ1) is 8.06. The van der Waals surface area contributed by atoms with Crippen molar-refractivity contribution in [1.29, 1.82) is 0 Å². The summed E-state index contributed by atoms with van der Waals surface area (Å²) in [6, 6.07) is 7.80. The fourth-order valence-corrected chi connectivity index (χ4v) is 1.65. The lowest BCUT2D eigenvalue weighted by Crippen LogP contribution is -2.12. The zero-order valence-electron chi connectivity index (χ0n) is 10.2. The molecule has 0 radical (unpaired) electrons. The Hall–Kier alpha value is -1.90. The van der Waals surface area contributed by atoms with Crippen LogP contribution in [0.5, 0.6) is 0 Å². The van der Waals surface area contributed by atoms with Crippen LogP contribution in [0.3, 0.4) is 0 Å². The number of carbonyl (C=O) groups is 1. The number of aryl methyl sites for hydroxylation is 1. The van der Waals surface area contributed by atoms with Crippen LogP contribution < -0.4 is 0 Å². The number of fused-ring (bicyclic) bond motifs is 1. The first kappa shape index (κ1) is 11.6. The van der Waals surface area contributed by atoms with Crippen molar-refractivity contribution in [2.75, 3.05) is 0 Å². The van der Waals surface area contributed by atoms with E-state index >= 15 is 0 Å². The molecule has 0 aliphatic carbocycles. The van der Waals surface area contributed by atoms with E-state index in [0.717, 1.165) is 10.8 Å². The van der Waals surface area contributed by atoms with Gasteiger partial charge in [0.05, 0.1) is 6.10 Å². The number of pyridine rings is 1. The van der Waals surface area contributed by atoms with Crippen molar-refractivity contribution in [2.24, 2.45) is 0 Å². The van der Waals surface area contributed by atoms with E-state index in [1.165, 1.54) is 5.56 Å². The van der Waals surface area contributed by atoms with E-state index in [-0.39, 0.29) is 12.1 Å². The Kier molecular flexibility index (Phi) is 3.09. The van der Waals surface area contributed by atoms with Crippen LogP contribution >= 0.6 is 0 Å². The second-order valence-electron chi connectivity index (χ2n) is 4.37. The maximum absolute atomic E-state index is 11.7. The summed E-state index contributed by atoms with van der Waals surface area (Å²) in [5.41, 5.74) is 1.53. The number of rotatable bonds is 2. The van der Waals surface area contributed by atoms with Crippen molar-refractivity contribution in [1.82, 2.24) is 4.98 Å². The molecule has 0 fully saturated rings. The molecule has 0 unspecified atom stereocenters. The van der Waals surface area contributed by atoms with Gasteiger partial charge >= 0.3 is 5.97 Å². The van der Waals surface area contributed by atoms with Gasteiger partial charge in [0, 0.05) is 11.6 Å². The van der Waals surface area contributed by atoms with E-state index in [0.29, 0.717) is 5.69 Å². The van der Waals surface area contributed by atoms with Crippen LogP contribution in [0.15, 0.2) is 30.5 Å². The minimum atomic E-state index is -0.373. The lowest BCUT2D eigenvalue weighted by atomic mass is 10.1. The molecule has 0 aliphatic rings. The van der Waals surface area contributed by atoms with Crippen molar-refractivity contribution in [3.8, 4) is 0 Å². The minimum absolute atomic E-state index is 0.127. The maximum atomic E-state index is 11.7. The molecule has 1 aromatic heterocycles. The Labute approximate surface area is 100 Å². The third kappa shape index (κ3) is 2.61. The zero-order chi connectivity index (χ0) is 12.4. The quantitative estimate of drug-likeness (QED) is 0.743. The van der Waals surface area contributed by atoms with Gasteiger partial charge in [-0.05, 0) is 38.3 Å². The van der Waals surface area contributed by atoms with Crippen LogP contribution in [-0.4, -0.2) is 17.1 Å². The van der Waals surface area contributed by atoms with Crippen molar-refractivity contribution < 1.29 is 9.53 Å². The Morgan fingerprint density at radius 3 is 2.71 bits per heavy atom. The predicted molar refractivity (Wildman–Crippen MR) is 67.0 cm³/mol. The van der Waals surface area contributed by atoms with Crippen molar-refractivity contribution in [3.05, 3.63) is 41.7 Å². The number of aromatic nitrogens is 1. The van der Waals surface area contributed by atoms with Crippen LogP contribution in [0, 0.1) is 6.92 Å². The smallest absolute Gasteiger partial charge is 0.357 e. The number of carbonyl (C=O) groups excluding carboxylic acids is 1. The van der Waals surface area contributed by atoms with Crippen molar-refractivity contribution >= 4 is 16.7 Å². The first-order valence-electron chi connectivity index (χ1n) is 5.63. The highest BCUT2D eigenvalue weighted by atomic mass is 16.5. The first-order valence-corrected chi connectivity index (χ1v) is 5.63. The van der Waals surface area contributed by atoms with E-state index in [1.807, 2.05) is 39.0 Å². The Morgan fingerprint density at radius 2 is 2.00 bits per heavy atom. The Bertz CT molecular complexity index is 561. The normalized spacial score (nSPS) is 10.8. The molecule has 0 atom stereocenters. The monoisotopic (exact) mass is 229 g/mol. The predicted octanol–water partition coefficient (Wildman–Crippen LogP) is 3.11. The molecule has 1 heterocycles. The largest absolute Gasteiger partial charge is 0.458 e. The molecule has 3 heteroatoms. The summed E-state index contributed by atoms with van der Waals surface area (Å²) < 4.78 is 5.11. The van der Waals surface area contributed by atoms with E-state index in [9.17, 15) is 4.79 Å². The molecule has 0 N–H and O–H groups in total. The summed E-state index contributed by atoms with van der Waals surface area (Å²) in [5.74, 6) is -0.373. The molecule has 17 heavy (non-hydrogen) atoms. The summed E-state index contributed by atoms with van der Waals surface area (Å²) in [6.07, 6.45) is 1.58. The third-order valence-electron chi connectivity index (χ3n) is 2.43. The van der Waals surface area contributed by atoms with Gasteiger partial charge in [0.1, 0.15) is 5.69 Å². The average Bonchev–Trinajstić information content (AvgIpc) is 2.27. The van der Waals surface area contributed by atoms with Crippen LogP contribution in [0.4, 0.5) is 0 Å². The van der Waals surface area contributed by atoms with E-state index in [2.05, 4.69) is 4.98 Å². The van der Waals surface area contributed by atoms with Crippen molar-refractivity contribution in [3.63, 3.8) is 0 Å². The number of ether oxygens (including phenoxy) is 1. The molecular formula is C14H15NO2. The van der Waals surface area contributed by atoms with Gasteiger partial charge in [-0.15, -0.1) is 0 Å². The Balaban J connectivity index is 2.38. The molecule has 2 rings (SSSR count). The second kappa shape index (κ2) is 4.53. The van der Waals surface area contributed by atoms with Crippen LogP contribution in [-0.2, 0) is 4.74 Å². The van der Waals surface area contributed by atoms with Gasteiger partial charge in [0.15, 0.2) is 0 Å². The van der Waals surface area contributed by atoms with Gasteiger partial charge in [-0.1, -0.05) is 17.7 Å². The molecular weight excluding hydrogens is 214 g/mol. The van der Waals surface area contributed by atoms with Gasteiger partial charge < -0.3 is 4.74 Å². The average molecular weight is 229 g/mol. The molecule has 3 nitrogen and oxygen atoms in total. The zero-order valence-corrected chi connectivity index (χ0v) is 10.2. The molecule has 0 saturated carbocycles. The van der Waals surface area contributed by atoms with E-state index in [4.69, 9.17) is 4.74 Å². The highest BCUT2D eigenvalue weighted by Crippen LogP contribution is 2.16. The molecule has 0 aliphatic heterocycles. The highest BCUT2D eigenvalue weighted by Gasteiger charge is 2.11. The lowest BCUT2D eigenvalue weighted by Gasteiger charge is -2.07. The SMILES string of the molecule is Cc1ccc2cc(C(=O)OC(C)C)ncc2c1. The molecule has 0 bridgehead atoms. The summed E-state index contributed by atoms with van der Waals surface area (Å²) in [6.45, 7) is 5.67. The molecule has 0 amide bonds. The van der Waals surface area contributed by atoms with Crippen molar-refractivity contribution in [2.45, 2.75) is 26.9 Å². The number of nitrogens with zero attached hydrogens (tertiary/aromatic N) is 1. The number of esters is 1. The van der Waals surface area contributed by atoms with Gasteiger partial charge in [0.2, 0.25) is 0 Å². The van der Waals surface area contributed by atoms with E-state index in [1.54, 1.807) is 12.3 Å². The van der Waals surface area contributed by atoms with Gasteiger partial charge in [-0.2, -0.15) is 0 Å². The lowest BCUT2D eigenvalue weighted by molar-refractivity contribution is 0.0371. The number of benzene rings is 1. The Morgan fingerprint density at radius 1 is 1.24 bits per heavy atom. The molecule has 0 spiro atoms. The van der Waals surface area contributed by atoms with E-state index < -0.39 is 0 Å². The summed E-state index contributed by atoms with van der Waals surface area (Å²) in [7, 11) is 0. The van der Waals surface area contributed by atoms with Crippen LogP contribution in [0.1, 0.15) is 29.9 Å². The summed E-state index contributed by atoms with van der Waals surface area (Å²) >= 11 is 0. The topological polar surface area (TPSA) is 39.2 Å². The standard InChI is InChI=1S/C14H15NO2/c1-9(2)17-14(16)13-7-11-5-4-10(3)6-12(11)8-15-13/h4-9H,1-3H3.